The summed E-state index contributed by atoms with van der Waals surface area (Å²) < 4.78 is 74.9. The highest BCUT2D eigenvalue weighted by Crippen LogP contribution is 2.30. The number of hydrogen-bond acceptors (Lipinski definition) is 9. The van der Waals surface area contributed by atoms with Gasteiger partial charge in [0, 0.05) is 43.4 Å². The van der Waals surface area contributed by atoms with E-state index >= 15 is 0 Å². The van der Waals surface area contributed by atoms with Crippen LogP contribution in [0.5, 0.6) is 11.5 Å². The number of sulfonamides is 2. The zero-order valence-corrected chi connectivity index (χ0v) is 31.3. The average molecular weight is 752 g/mol. The van der Waals surface area contributed by atoms with Crippen LogP contribution in [-0.2, 0) is 24.8 Å². The molecule has 0 bridgehead atoms. The van der Waals surface area contributed by atoms with E-state index in [9.17, 15) is 26.7 Å². The molecule has 1 amide bonds. The molecule has 0 radical (unpaired) electrons. The standard InChI is InChI=1S/C35H46ClN3O9S2/c1-24-21-39(25(2)23-40)35(41)32-20-28(37-49(42,43)30-14-9-27(36)10-15-30)11-18-33(32)48-26(3)8-6-7-19-47-34(24)22-38(4)50(44,45)31-16-12-29(46-5)13-17-31/h9-18,20,24-26,34,37,40H,6-8,19,21-23H2,1-5H3/t24-,25-,26-,34+/m0/s1. The summed E-state index contributed by atoms with van der Waals surface area (Å²) >= 11 is 5.94. The van der Waals surface area contributed by atoms with Gasteiger partial charge in [0.25, 0.3) is 15.9 Å². The minimum absolute atomic E-state index is 0.00690. The average Bonchev–Trinajstić information content (AvgIpc) is 3.09. The van der Waals surface area contributed by atoms with Crippen LogP contribution in [0.15, 0.2) is 76.5 Å². The maximum Gasteiger partial charge on any atom is 0.261 e. The molecule has 4 rings (SSSR count). The Morgan fingerprint density at radius 2 is 1.68 bits per heavy atom. The molecular formula is C35H46ClN3O9S2. The molecule has 4 atom stereocenters. The van der Waals surface area contributed by atoms with Crippen molar-refractivity contribution in [1.82, 2.24) is 9.21 Å². The van der Waals surface area contributed by atoms with Crippen molar-refractivity contribution in [2.75, 3.05) is 45.2 Å². The molecule has 0 saturated carbocycles. The highest BCUT2D eigenvalue weighted by Gasteiger charge is 2.32. The molecule has 274 valence electrons. The van der Waals surface area contributed by atoms with Crippen LogP contribution in [0.4, 0.5) is 5.69 Å². The zero-order valence-electron chi connectivity index (χ0n) is 28.9. The topological polar surface area (TPSA) is 152 Å². The third-order valence-electron chi connectivity index (χ3n) is 8.63. The normalized spacial score (nSPS) is 20.4. The van der Waals surface area contributed by atoms with Gasteiger partial charge in [-0.05, 0) is 99.8 Å². The lowest BCUT2D eigenvalue weighted by Crippen LogP contribution is -2.48. The number of carbonyl (C=O) groups is 1. The van der Waals surface area contributed by atoms with Gasteiger partial charge < -0.3 is 24.2 Å². The Morgan fingerprint density at radius 1 is 1.02 bits per heavy atom. The van der Waals surface area contributed by atoms with Gasteiger partial charge in [-0.3, -0.25) is 9.52 Å². The van der Waals surface area contributed by atoms with Crippen LogP contribution in [0.1, 0.15) is 50.4 Å². The third kappa shape index (κ3) is 9.89. The van der Waals surface area contributed by atoms with Gasteiger partial charge in [0.2, 0.25) is 10.0 Å². The maximum absolute atomic E-state index is 14.4. The summed E-state index contributed by atoms with van der Waals surface area (Å²) in [6.07, 6.45) is 1.19. The minimum Gasteiger partial charge on any atom is -0.497 e. The highest BCUT2D eigenvalue weighted by molar-refractivity contribution is 7.92. The van der Waals surface area contributed by atoms with Crippen LogP contribution in [0.2, 0.25) is 5.02 Å². The first-order valence-electron chi connectivity index (χ1n) is 16.4. The van der Waals surface area contributed by atoms with E-state index in [-0.39, 0.29) is 58.5 Å². The molecule has 15 heteroatoms. The maximum atomic E-state index is 14.4. The first kappa shape index (κ1) is 39.4. The summed E-state index contributed by atoms with van der Waals surface area (Å²) in [6, 6.07) is 15.7. The number of aliphatic hydroxyl groups excluding tert-OH is 1. The Labute approximate surface area is 300 Å². The number of aliphatic hydroxyl groups is 1. The number of fused-ring (bicyclic) bond motifs is 1. The lowest BCUT2D eigenvalue weighted by molar-refractivity contribution is -0.00833. The van der Waals surface area contributed by atoms with Gasteiger partial charge in [-0.1, -0.05) is 18.5 Å². The van der Waals surface area contributed by atoms with Gasteiger partial charge in [0.15, 0.2) is 0 Å². The van der Waals surface area contributed by atoms with Gasteiger partial charge in [-0.25, -0.2) is 16.8 Å². The molecule has 3 aromatic rings. The summed E-state index contributed by atoms with van der Waals surface area (Å²) in [7, 11) is -4.92. The van der Waals surface area contributed by atoms with Crippen molar-refractivity contribution in [2.45, 2.75) is 68.1 Å². The van der Waals surface area contributed by atoms with Crippen molar-refractivity contribution in [3.05, 3.63) is 77.3 Å². The Bertz CT molecular complexity index is 1810. The number of methoxy groups -OCH3 is 1. The Hall–Kier alpha value is -3.40. The van der Waals surface area contributed by atoms with Gasteiger partial charge in [-0.2, -0.15) is 4.31 Å². The van der Waals surface area contributed by atoms with Crippen LogP contribution in [0.3, 0.4) is 0 Å². The molecule has 2 N–H and O–H groups in total. The van der Waals surface area contributed by atoms with Crippen LogP contribution in [0.25, 0.3) is 0 Å². The Balaban J connectivity index is 1.66. The molecule has 1 aliphatic heterocycles. The van der Waals surface area contributed by atoms with E-state index in [4.69, 9.17) is 25.8 Å². The van der Waals surface area contributed by atoms with Crippen molar-refractivity contribution in [3.63, 3.8) is 0 Å². The monoisotopic (exact) mass is 751 g/mol. The number of benzene rings is 3. The fourth-order valence-corrected chi connectivity index (χ4v) is 7.91. The molecule has 0 fully saturated rings. The van der Waals surface area contributed by atoms with Crippen molar-refractivity contribution < 1.29 is 40.9 Å². The number of anilines is 1. The van der Waals surface area contributed by atoms with E-state index < -0.39 is 38.1 Å². The number of carbonyl (C=O) groups excluding carboxylic acids is 1. The Morgan fingerprint density at radius 3 is 2.32 bits per heavy atom. The van der Waals surface area contributed by atoms with E-state index in [0.29, 0.717) is 30.2 Å². The third-order valence-corrected chi connectivity index (χ3v) is 12.1. The summed E-state index contributed by atoms with van der Waals surface area (Å²) in [4.78, 5) is 16.0. The molecule has 1 heterocycles. The number of rotatable bonds is 10. The number of amides is 1. The molecule has 12 nitrogen and oxygen atoms in total. The van der Waals surface area contributed by atoms with E-state index in [1.807, 2.05) is 13.8 Å². The molecule has 0 saturated heterocycles. The van der Waals surface area contributed by atoms with Crippen molar-refractivity contribution in [2.24, 2.45) is 5.92 Å². The highest BCUT2D eigenvalue weighted by atomic mass is 35.5. The largest absolute Gasteiger partial charge is 0.497 e. The number of nitrogens with one attached hydrogen (secondary N) is 1. The molecule has 3 aromatic carbocycles. The first-order valence-corrected chi connectivity index (χ1v) is 19.7. The van der Waals surface area contributed by atoms with Crippen LogP contribution in [0, 0.1) is 5.92 Å². The molecule has 50 heavy (non-hydrogen) atoms. The second kappa shape index (κ2) is 17.2. The van der Waals surface area contributed by atoms with E-state index in [1.54, 1.807) is 25.1 Å². The van der Waals surface area contributed by atoms with Crippen molar-refractivity contribution in [3.8, 4) is 11.5 Å². The number of likely N-dealkylation sites (N-methyl/N-ethyl adjacent to an activating group) is 1. The smallest absolute Gasteiger partial charge is 0.261 e. The minimum atomic E-state index is -4.02. The second-order valence-electron chi connectivity index (χ2n) is 12.5. The lowest BCUT2D eigenvalue weighted by atomic mass is 10.0. The molecule has 0 aromatic heterocycles. The molecule has 1 aliphatic rings. The molecule has 0 unspecified atom stereocenters. The summed E-state index contributed by atoms with van der Waals surface area (Å²) in [5, 5.41) is 10.6. The summed E-state index contributed by atoms with van der Waals surface area (Å²) in [5.74, 6) is -0.0814. The SMILES string of the molecule is COc1ccc(S(=O)(=O)N(C)C[C@H]2OCCCC[C@H](C)Oc3ccc(NS(=O)(=O)c4ccc(Cl)cc4)cc3C(=O)N([C@@H](C)CO)C[C@@H]2C)cc1. The van der Waals surface area contributed by atoms with Gasteiger partial charge in [0.05, 0.1) is 47.3 Å². The van der Waals surface area contributed by atoms with Gasteiger partial charge >= 0.3 is 0 Å². The van der Waals surface area contributed by atoms with Crippen molar-refractivity contribution in [1.29, 1.82) is 0 Å². The number of nitrogens with zero attached hydrogens (tertiary/aromatic N) is 2. The summed E-state index contributed by atoms with van der Waals surface area (Å²) in [5.41, 5.74) is 0.245. The van der Waals surface area contributed by atoms with Gasteiger partial charge in [0.1, 0.15) is 11.5 Å². The van der Waals surface area contributed by atoms with Gasteiger partial charge in [-0.15, -0.1) is 0 Å². The fraction of sp³-hybridized carbons (Fsp3) is 0.457. The van der Waals surface area contributed by atoms with E-state index in [2.05, 4.69) is 4.72 Å². The summed E-state index contributed by atoms with van der Waals surface area (Å²) in [6.45, 7) is 5.57. The van der Waals surface area contributed by atoms with Crippen LogP contribution >= 0.6 is 11.6 Å². The fourth-order valence-electron chi connectivity index (χ4n) is 5.56. The Kier molecular flexibility index (Phi) is 13.6. The number of hydrogen-bond donors (Lipinski definition) is 2. The second-order valence-corrected chi connectivity index (χ2v) is 16.7. The van der Waals surface area contributed by atoms with Crippen LogP contribution in [-0.4, -0.2) is 95.8 Å². The number of ether oxygens (including phenoxy) is 3. The predicted octanol–water partition coefficient (Wildman–Crippen LogP) is 5.27. The zero-order chi connectivity index (χ0) is 36.6. The first-order chi connectivity index (χ1) is 23.7. The van der Waals surface area contributed by atoms with Crippen LogP contribution < -0.4 is 14.2 Å². The lowest BCUT2D eigenvalue weighted by Gasteiger charge is -2.35. The predicted molar refractivity (Wildman–Crippen MR) is 192 cm³/mol. The van der Waals surface area contributed by atoms with E-state index in [0.717, 1.165) is 6.42 Å². The number of halogens is 1. The molecule has 0 aliphatic carbocycles. The molecule has 0 spiro atoms. The molecular weight excluding hydrogens is 706 g/mol. The quantitative estimate of drug-likeness (QED) is 0.283. The van der Waals surface area contributed by atoms with E-state index in [1.165, 1.54) is 71.9 Å². The van der Waals surface area contributed by atoms with Crippen molar-refractivity contribution >= 4 is 43.2 Å².